The molecule has 0 aliphatic carbocycles. The van der Waals surface area contributed by atoms with E-state index in [1.807, 2.05) is 55.9 Å². The van der Waals surface area contributed by atoms with Crippen molar-refractivity contribution in [3.8, 4) is 6.07 Å². The lowest BCUT2D eigenvalue weighted by Crippen LogP contribution is -2.12. The summed E-state index contributed by atoms with van der Waals surface area (Å²) in [5, 5.41) is 19.0. The van der Waals surface area contributed by atoms with Gasteiger partial charge >= 0.3 is 5.97 Å². The van der Waals surface area contributed by atoms with E-state index >= 15 is 0 Å². The first kappa shape index (κ1) is 25.2. The number of carbonyl (C=O) groups is 2. The smallest absolute Gasteiger partial charge is 0.303 e. The molecule has 0 unspecified atom stereocenters. The first-order valence-electron chi connectivity index (χ1n) is 12.0. The van der Waals surface area contributed by atoms with Crippen LogP contribution in [0.4, 0.5) is 0 Å². The summed E-state index contributed by atoms with van der Waals surface area (Å²) in [7, 11) is 1.96. The van der Waals surface area contributed by atoms with Crippen molar-refractivity contribution in [2.45, 2.75) is 65.2 Å². The quantitative estimate of drug-likeness (QED) is 0.273. The van der Waals surface area contributed by atoms with Crippen LogP contribution in [0.15, 0.2) is 36.5 Å². The van der Waals surface area contributed by atoms with Gasteiger partial charge in [0.25, 0.3) is 0 Å². The lowest BCUT2D eigenvalue weighted by Gasteiger charge is -2.10. The van der Waals surface area contributed by atoms with E-state index < -0.39 is 5.97 Å². The number of aryl methyl sites for hydroxylation is 3. The Bertz CT molecular complexity index is 1220. The zero-order valence-corrected chi connectivity index (χ0v) is 20.3. The number of fused-ring (bicyclic) bond motifs is 1. The molecule has 0 saturated carbocycles. The van der Waals surface area contributed by atoms with Gasteiger partial charge in [-0.2, -0.15) is 5.26 Å². The lowest BCUT2D eigenvalue weighted by atomic mass is 9.94. The number of Topliss-reactive ketones (excluding diaryl/α,β-unsaturated/α-hetero) is 1. The standard InChI is InChI=1S/C28H33N3O3/c1-19(15-26(33)34)14-25(32)27-23-13-20(2)18-30-28(23)31(3)24(27)12-7-5-4-6-9-21-10-8-11-22(16-21)17-29/h8,10-11,13,16,18-19H,4-7,9,12,14-15H2,1-3H3,(H,33,34)/t19-/m0/s1. The van der Waals surface area contributed by atoms with Crippen LogP contribution in [-0.4, -0.2) is 26.4 Å². The number of nitrogens with zero attached hydrogens (tertiary/aromatic N) is 3. The fraction of sp³-hybridized carbons (Fsp3) is 0.429. The Hall–Kier alpha value is -3.46. The van der Waals surface area contributed by atoms with Crippen molar-refractivity contribution in [3.05, 3.63) is 64.5 Å². The van der Waals surface area contributed by atoms with Crippen LogP contribution >= 0.6 is 0 Å². The molecular weight excluding hydrogens is 426 g/mol. The molecule has 178 valence electrons. The molecule has 0 amide bonds. The van der Waals surface area contributed by atoms with E-state index in [2.05, 4.69) is 17.1 Å². The van der Waals surface area contributed by atoms with Crippen molar-refractivity contribution < 1.29 is 14.7 Å². The van der Waals surface area contributed by atoms with Gasteiger partial charge in [0.05, 0.1) is 11.6 Å². The number of carboxylic acids is 1. The van der Waals surface area contributed by atoms with Gasteiger partial charge in [0.2, 0.25) is 0 Å². The summed E-state index contributed by atoms with van der Waals surface area (Å²) in [6.07, 6.45) is 7.91. The van der Waals surface area contributed by atoms with Crippen LogP contribution in [0.2, 0.25) is 0 Å². The van der Waals surface area contributed by atoms with Crippen LogP contribution in [0.3, 0.4) is 0 Å². The Morgan fingerprint density at radius 3 is 2.56 bits per heavy atom. The average molecular weight is 460 g/mol. The molecule has 3 aromatic rings. The second kappa shape index (κ2) is 11.6. The highest BCUT2D eigenvalue weighted by atomic mass is 16.4. The van der Waals surface area contributed by atoms with E-state index in [0.717, 1.165) is 60.8 Å². The summed E-state index contributed by atoms with van der Waals surface area (Å²) >= 11 is 0. The van der Waals surface area contributed by atoms with Crippen molar-refractivity contribution in [3.63, 3.8) is 0 Å². The van der Waals surface area contributed by atoms with E-state index in [-0.39, 0.29) is 24.5 Å². The van der Waals surface area contributed by atoms with Gasteiger partial charge in [-0.15, -0.1) is 0 Å². The van der Waals surface area contributed by atoms with E-state index in [1.165, 1.54) is 5.56 Å². The van der Waals surface area contributed by atoms with E-state index in [9.17, 15) is 9.59 Å². The number of carboxylic acid groups (broad SMARTS) is 1. The van der Waals surface area contributed by atoms with Crippen molar-refractivity contribution >= 4 is 22.8 Å². The molecule has 1 aromatic carbocycles. The fourth-order valence-electron chi connectivity index (χ4n) is 4.63. The molecule has 6 nitrogen and oxygen atoms in total. The minimum atomic E-state index is -0.879. The predicted octanol–water partition coefficient (Wildman–Crippen LogP) is 5.78. The molecule has 0 fully saturated rings. The number of carbonyl (C=O) groups excluding carboxylic acids is 1. The number of unbranched alkanes of at least 4 members (excludes halogenated alkanes) is 3. The zero-order valence-electron chi connectivity index (χ0n) is 20.3. The molecule has 3 rings (SSSR count). The SMILES string of the molecule is Cc1cnc2c(c1)c(C(=O)C[C@H](C)CC(=O)O)c(CCCCCCc1cccc(C#N)c1)n2C. The molecule has 0 bridgehead atoms. The number of hydrogen-bond acceptors (Lipinski definition) is 4. The minimum Gasteiger partial charge on any atom is -0.481 e. The first-order valence-corrected chi connectivity index (χ1v) is 12.0. The van der Waals surface area contributed by atoms with Gasteiger partial charge in [0.15, 0.2) is 5.78 Å². The Morgan fingerprint density at radius 1 is 1.12 bits per heavy atom. The number of nitriles is 1. The number of hydrogen-bond donors (Lipinski definition) is 1. The molecule has 34 heavy (non-hydrogen) atoms. The van der Waals surface area contributed by atoms with Gasteiger partial charge < -0.3 is 9.67 Å². The Kier molecular flexibility index (Phi) is 8.59. The highest BCUT2D eigenvalue weighted by molar-refractivity contribution is 6.09. The Morgan fingerprint density at radius 2 is 1.85 bits per heavy atom. The van der Waals surface area contributed by atoms with Crippen LogP contribution in [0, 0.1) is 24.2 Å². The third-order valence-corrected chi connectivity index (χ3v) is 6.30. The zero-order chi connectivity index (χ0) is 24.7. The van der Waals surface area contributed by atoms with Crippen molar-refractivity contribution in [2.75, 3.05) is 0 Å². The predicted molar refractivity (Wildman–Crippen MR) is 133 cm³/mol. The van der Waals surface area contributed by atoms with Gasteiger partial charge in [-0.3, -0.25) is 9.59 Å². The summed E-state index contributed by atoms with van der Waals surface area (Å²) in [5.74, 6) is -1.10. The number of ketones is 1. The molecule has 2 aromatic heterocycles. The lowest BCUT2D eigenvalue weighted by molar-refractivity contribution is -0.137. The second-order valence-corrected chi connectivity index (χ2v) is 9.32. The number of rotatable bonds is 12. The van der Waals surface area contributed by atoms with Gasteiger partial charge in [-0.05, 0) is 67.9 Å². The van der Waals surface area contributed by atoms with E-state index in [1.54, 1.807) is 0 Å². The number of pyridine rings is 1. The largest absolute Gasteiger partial charge is 0.481 e. The third-order valence-electron chi connectivity index (χ3n) is 6.30. The molecule has 0 saturated heterocycles. The van der Waals surface area contributed by atoms with Crippen LogP contribution in [0.5, 0.6) is 0 Å². The van der Waals surface area contributed by atoms with Crippen LogP contribution in [-0.2, 0) is 24.7 Å². The van der Waals surface area contributed by atoms with E-state index in [0.29, 0.717) is 11.1 Å². The second-order valence-electron chi connectivity index (χ2n) is 9.32. The molecule has 1 atom stereocenters. The van der Waals surface area contributed by atoms with Crippen molar-refractivity contribution in [2.24, 2.45) is 13.0 Å². The normalized spacial score (nSPS) is 11.9. The number of aromatic nitrogens is 2. The molecule has 0 radical (unpaired) electrons. The van der Waals surface area contributed by atoms with Gasteiger partial charge in [-0.1, -0.05) is 31.9 Å². The van der Waals surface area contributed by atoms with Gasteiger partial charge in [0, 0.05) is 42.7 Å². The summed E-state index contributed by atoms with van der Waals surface area (Å²) in [5.41, 5.74) is 5.39. The van der Waals surface area contributed by atoms with Crippen molar-refractivity contribution in [1.82, 2.24) is 9.55 Å². The van der Waals surface area contributed by atoms with E-state index in [4.69, 9.17) is 10.4 Å². The summed E-state index contributed by atoms with van der Waals surface area (Å²) in [6.45, 7) is 3.78. The maximum absolute atomic E-state index is 13.3. The number of benzene rings is 1. The van der Waals surface area contributed by atoms with Gasteiger partial charge in [-0.25, -0.2) is 4.98 Å². The third kappa shape index (κ3) is 6.32. The molecule has 2 heterocycles. The maximum atomic E-state index is 13.3. The summed E-state index contributed by atoms with van der Waals surface area (Å²) in [6, 6.07) is 12.0. The minimum absolute atomic E-state index is 0.000811. The van der Waals surface area contributed by atoms with Gasteiger partial charge in [0.1, 0.15) is 5.65 Å². The molecule has 0 aliphatic heterocycles. The Labute approximate surface area is 201 Å². The highest BCUT2D eigenvalue weighted by Crippen LogP contribution is 2.29. The summed E-state index contributed by atoms with van der Waals surface area (Å²) < 4.78 is 2.03. The first-order chi connectivity index (χ1) is 16.3. The topological polar surface area (TPSA) is 96.0 Å². The van der Waals surface area contributed by atoms with Crippen LogP contribution < -0.4 is 0 Å². The van der Waals surface area contributed by atoms with Crippen molar-refractivity contribution in [1.29, 1.82) is 5.26 Å². The molecule has 1 N–H and O–H groups in total. The molecule has 0 aliphatic rings. The average Bonchev–Trinajstić information content (AvgIpc) is 3.06. The molecule has 0 spiro atoms. The number of aliphatic carboxylic acids is 1. The monoisotopic (exact) mass is 459 g/mol. The molecular formula is C28H33N3O3. The fourth-order valence-corrected chi connectivity index (χ4v) is 4.63. The molecule has 6 heteroatoms. The Balaban J connectivity index is 1.67. The van der Waals surface area contributed by atoms with Crippen LogP contribution in [0.1, 0.15) is 78.2 Å². The maximum Gasteiger partial charge on any atom is 0.303 e. The van der Waals surface area contributed by atoms with Crippen LogP contribution in [0.25, 0.3) is 11.0 Å². The highest BCUT2D eigenvalue weighted by Gasteiger charge is 2.23. The summed E-state index contributed by atoms with van der Waals surface area (Å²) in [4.78, 5) is 28.9.